The van der Waals surface area contributed by atoms with E-state index in [1.165, 1.54) is 16.5 Å². The summed E-state index contributed by atoms with van der Waals surface area (Å²) in [6.45, 7) is 0. The van der Waals surface area contributed by atoms with E-state index in [0.29, 0.717) is 11.4 Å². The first kappa shape index (κ1) is 27.6. The van der Waals surface area contributed by atoms with Crippen LogP contribution in [0.25, 0.3) is 55.5 Å². The Balaban J connectivity index is 1.23. The van der Waals surface area contributed by atoms with Crippen LogP contribution in [0, 0.1) is 0 Å². The Morgan fingerprint density at radius 2 is 1.12 bits per heavy atom. The third-order valence-corrected chi connectivity index (χ3v) is 9.81. The lowest BCUT2D eigenvalue weighted by atomic mass is 9.63. The monoisotopic (exact) mass is 628 g/mol. The number of fused-ring (bicyclic) bond motifs is 6. The highest BCUT2D eigenvalue weighted by molar-refractivity contribution is 6.07. The molecule has 0 amide bonds. The van der Waals surface area contributed by atoms with Gasteiger partial charge >= 0.3 is 0 Å². The normalized spacial score (nSPS) is 13.2. The Morgan fingerprint density at radius 1 is 0.469 bits per heavy atom. The van der Waals surface area contributed by atoms with Gasteiger partial charge in [-0.15, -0.1) is 0 Å². The smallest absolute Gasteiger partial charge is 0.180 e. The molecular weight excluding hydrogens is 601 g/mol. The Kier molecular flexibility index (Phi) is 6.06. The maximum absolute atomic E-state index is 6.77. The predicted molar refractivity (Wildman–Crippen MR) is 196 cm³/mol. The molecule has 10 rings (SSSR count). The van der Waals surface area contributed by atoms with Gasteiger partial charge in [-0.1, -0.05) is 140 Å². The van der Waals surface area contributed by atoms with E-state index in [4.69, 9.17) is 19.1 Å². The second-order valence-corrected chi connectivity index (χ2v) is 12.5. The number of nitrogens with zero attached hydrogens (tertiary/aromatic N) is 2. The minimum absolute atomic E-state index is 0.590. The maximum Gasteiger partial charge on any atom is 0.180 e. The Morgan fingerprint density at radius 3 is 1.94 bits per heavy atom. The van der Waals surface area contributed by atoms with Crippen molar-refractivity contribution in [3.8, 4) is 34.1 Å². The zero-order valence-corrected chi connectivity index (χ0v) is 26.4. The highest BCUT2D eigenvalue weighted by Crippen LogP contribution is 2.55. The van der Waals surface area contributed by atoms with Crippen molar-refractivity contribution in [2.24, 2.45) is 0 Å². The van der Waals surface area contributed by atoms with Crippen LogP contribution in [0.2, 0.25) is 0 Å². The fourth-order valence-electron chi connectivity index (χ4n) is 7.60. The van der Waals surface area contributed by atoms with Crippen LogP contribution in [0.5, 0.6) is 11.5 Å². The Hall–Kier alpha value is -6.52. The van der Waals surface area contributed by atoms with Gasteiger partial charge in [-0.2, -0.15) is 0 Å². The lowest BCUT2D eigenvalue weighted by molar-refractivity contribution is 0.434. The standard InChI is InChI=1S/C45H28N2O2/c1-3-15-33(16-4-1)45(34-17-5-2-6-18-34)36-20-10-12-22-39(36)48-40-28-32(25-26-37(40)45)44-46-41(31-24-23-29-13-7-8-14-30(29)27-31)43-42(47-44)35-19-9-11-21-38(35)49-43/h1-28H. The van der Waals surface area contributed by atoms with E-state index >= 15 is 0 Å². The molecule has 0 atom stereocenters. The van der Waals surface area contributed by atoms with Crippen molar-refractivity contribution in [2.45, 2.75) is 5.41 Å². The average Bonchev–Trinajstić information content (AvgIpc) is 3.55. The van der Waals surface area contributed by atoms with Crippen molar-refractivity contribution >= 4 is 32.8 Å². The second kappa shape index (κ2) is 10.8. The van der Waals surface area contributed by atoms with Gasteiger partial charge in [-0.3, -0.25) is 0 Å². The summed E-state index contributed by atoms with van der Waals surface area (Å²) < 4.78 is 13.2. The molecule has 1 aliphatic heterocycles. The zero-order chi connectivity index (χ0) is 32.4. The molecular formula is C45H28N2O2. The van der Waals surface area contributed by atoms with Gasteiger partial charge in [0.2, 0.25) is 0 Å². The fourth-order valence-corrected chi connectivity index (χ4v) is 7.60. The number of ether oxygens (including phenoxy) is 1. The molecule has 3 heterocycles. The van der Waals surface area contributed by atoms with E-state index < -0.39 is 5.41 Å². The lowest BCUT2D eigenvalue weighted by Crippen LogP contribution is -2.34. The summed E-state index contributed by atoms with van der Waals surface area (Å²) in [7, 11) is 0. The van der Waals surface area contributed by atoms with Gasteiger partial charge in [0, 0.05) is 27.6 Å². The van der Waals surface area contributed by atoms with Gasteiger partial charge in [-0.25, -0.2) is 9.97 Å². The van der Waals surface area contributed by atoms with Gasteiger partial charge in [-0.05, 0) is 52.2 Å². The molecule has 2 aromatic heterocycles. The molecule has 230 valence electrons. The SMILES string of the molecule is c1ccc(C2(c3ccccc3)c3ccccc3Oc3cc(-c4nc(-c5ccc6ccccc6c5)c5oc6ccccc6c5n4)ccc32)cc1. The third-order valence-electron chi connectivity index (χ3n) is 9.81. The van der Waals surface area contributed by atoms with Crippen LogP contribution in [0.15, 0.2) is 174 Å². The summed E-state index contributed by atoms with van der Waals surface area (Å²) in [5.74, 6) is 2.21. The summed E-state index contributed by atoms with van der Waals surface area (Å²) in [4.78, 5) is 10.4. The van der Waals surface area contributed by atoms with Gasteiger partial charge in [0.15, 0.2) is 11.4 Å². The fraction of sp³-hybridized carbons (Fsp3) is 0.0222. The maximum atomic E-state index is 6.77. The molecule has 0 saturated heterocycles. The molecule has 9 aromatic rings. The minimum atomic E-state index is -0.590. The van der Waals surface area contributed by atoms with Gasteiger partial charge < -0.3 is 9.15 Å². The first-order valence-electron chi connectivity index (χ1n) is 16.5. The first-order valence-corrected chi connectivity index (χ1v) is 16.5. The van der Waals surface area contributed by atoms with Crippen molar-refractivity contribution in [3.63, 3.8) is 0 Å². The van der Waals surface area contributed by atoms with E-state index in [1.54, 1.807) is 0 Å². The van der Waals surface area contributed by atoms with Gasteiger partial charge in [0.25, 0.3) is 0 Å². The molecule has 0 spiro atoms. The van der Waals surface area contributed by atoms with Crippen LogP contribution in [-0.4, -0.2) is 9.97 Å². The molecule has 0 radical (unpaired) electrons. The summed E-state index contributed by atoms with van der Waals surface area (Å²) >= 11 is 0. The highest BCUT2D eigenvalue weighted by Gasteiger charge is 2.45. The molecule has 0 unspecified atom stereocenters. The zero-order valence-electron chi connectivity index (χ0n) is 26.4. The lowest BCUT2D eigenvalue weighted by Gasteiger charge is -2.41. The summed E-state index contributed by atoms with van der Waals surface area (Å²) in [5.41, 5.74) is 8.77. The Bertz CT molecular complexity index is 2660. The van der Waals surface area contributed by atoms with Gasteiger partial charge in [0.1, 0.15) is 28.3 Å². The molecule has 0 fully saturated rings. The molecule has 4 nitrogen and oxygen atoms in total. The molecule has 49 heavy (non-hydrogen) atoms. The van der Waals surface area contributed by atoms with Crippen LogP contribution in [-0.2, 0) is 5.41 Å². The highest BCUT2D eigenvalue weighted by atomic mass is 16.5. The van der Waals surface area contributed by atoms with E-state index in [0.717, 1.165) is 61.3 Å². The Labute approximate surface area is 282 Å². The van der Waals surface area contributed by atoms with Crippen molar-refractivity contribution in [3.05, 3.63) is 192 Å². The molecule has 0 saturated carbocycles. The number of hydrogen-bond donors (Lipinski definition) is 0. The molecule has 0 bridgehead atoms. The van der Waals surface area contributed by atoms with E-state index in [-0.39, 0.29) is 0 Å². The summed E-state index contributed by atoms with van der Waals surface area (Å²) in [5, 5.41) is 3.27. The topological polar surface area (TPSA) is 48.2 Å². The molecule has 0 N–H and O–H groups in total. The van der Waals surface area contributed by atoms with Crippen LogP contribution < -0.4 is 4.74 Å². The van der Waals surface area contributed by atoms with Crippen LogP contribution >= 0.6 is 0 Å². The van der Waals surface area contributed by atoms with Gasteiger partial charge in [0.05, 0.1) is 5.41 Å². The summed E-state index contributed by atoms with van der Waals surface area (Å²) in [6.07, 6.45) is 0. The minimum Gasteiger partial charge on any atom is -0.457 e. The third kappa shape index (κ3) is 4.17. The van der Waals surface area contributed by atoms with E-state index in [9.17, 15) is 0 Å². The van der Waals surface area contributed by atoms with Crippen LogP contribution in [0.1, 0.15) is 22.3 Å². The van der Waals surface area contributed by atoms with E-state index in [1.807, 2.05) is 24.3 Å². The number of para-hydroxylation sites is 2. The van der Waals surface area contributed by atoms with Crippen molar-refractivity contribution in [1.29, 1.82) is 0 Å². The number of furan rings is 1. The van der Waals surface area contributed by atoms with Crippen LogP contribution in [0.3, 0.4) is 0 Å². The largest absolute Gasteiger partial charge is 0.457 e. The molecule has 1 aliphatic rings. The number of aromatic nitrogens is 2. The molecule has 0 aliphatic carbocycles. The number of benzene rings is 7. The van der Waals surface area contributed by atoms with Crippen molar-refractivity contribution in [1.82, 2.24) is 9.97 Å². The second-order valence-electron chi connectivity index (χ2n) is 12.5. The quantitative estimate of drug-likeness (QED) is 0.195. The van der Waals surface area contributed by atoms with E-state index in [2.05, 4.69) is 146 Å². The van der Waals surface area contributed by atoms with Crippen molar-refractivity contribution < 1.29 is 9.15 Å². The average molecular weight is 629 g/mol. The summed E-state index contributed by atoms with van der Waals surface area (Å²) in [6, 6.07) is 59.0. The van der Waals surface area contributed by atoms with Crippen LogP contribution in [0.4, 0.5) is 0 Å². The van der Waals surface area contributed by atoms with Crippen molar-refractivity contribution in [2.75, 3.05) is 0 Å². The first-order chi connectivity index (χ1) is 24.3. The predicted octanol–water partition coefficient (Wildman–Crippen LogP) is 11.4. The number of rotatable bonds is 4. The molecule has 4 heteroatoms. The number of hydrogen-bond acceptors (Lipinski definition) is 4. The molecule has 7 aromatic carbocycles.